The number of hydrogen-bond acceptors (Lipinski definition) is 4. The van der Waals surface area contributed by atoms with Gasteiger partial charge in [0.15, 0.2) is 5.82 Å². The van der Waals surface area contributed by atoms with Gasteiger partial charge >= 0.3 is 0 Å². The minimum absolute atomic E-state index is 0.356. The average molecular weight is 337 g/mol. The van der Waals surface area contributed by atoms with Crippen molar-refractivity contribution in [3.8, 4) is 11.5 Å². The molecule has 1 saturated heterocycles. The zero-order valence-corrected chi connectivity index (χ0v) is 13.9. The molecule has 0 unspecified atom stereocenters. The minimum Gasteiger partial charge on any atom is -0.299 e. The number of benzene rings is 1. The second-order valence-corrected chi connectivity index (χ2v) is 6.44. The number of piperidine rings is 1. The van der Waals surface area contributed by atoms with E-state index in [0.29, 0.717) is 17.4 Å². The lowest BCUT2D eigenvalue weighted by Crippen LogP contribution is -2.32. The van der Waals surface area contributed by atoms with E-state index >= 15 is 0 Å². The molecule has 1 aliphatic rings. The van der Waals surface area contributed by atoms with Crippen LogP contribution in [-0.2, 0) is 6.54 Å². The molecule has 0 amide bonds. The van der Waals surface area contributed by atoms with Gasteiger partial charge in [-0.05, 0) is 43.6 Å². The second kappa shape index (κ2) is 7.11. The van der Waals surface area contributed by atoms with E-state index in [0.717, 1.165) is 38.3 Å². The van der Waals surface area contributed by atoms with E-state index in [1.54, 1.807) is 6.07 Å². The highest BCUT2D eigenvalue weighted by molar-refractivity contribution is 5.47. The van der Waals surface area contributed by atoms with Crippen LogP contribution in [0.2, 0.25) is 0 Å². The molecule has 0 aliphatic carbocycles. The Kier molecular flexibility index (Phi) is 4.52. The van der Waals surface area contributed by atoms with E-state index < -0.39 is 0 Å². The number of aromatic nitrogens is 4. The van der Waals surface area contributed by atoms with E-state index in [-0.39, 0.29) is 5.82 Å². The normalized spacial score (nSPS) is 16.2. The van der Waals surface area contributed by atoms with Crippen molar-refractivity contribution in [1.29, 1.82) is 0 Å². The third-order valence-corrected chi connectivity index (χ3v) is 4.68. The maximum absolute atomic E-state index is 13.0. The summed E-state index contributed by atoms with van der Waals surface area (Å²) in [4.78, 5) is 11.1. The fourth-order valence-electron chi connectivity index (χ4n) is 3.29. The zero-order chi connectivity index (χ0) is 17.1. The predicted octanol–water partition coefficient (Wildman–Crippen LogP) is 3.39. The molecule has 0 radical (unpaired) electrons. The molecule has 3 aromatic rings. The van der Waals surface area contributed by atoms with Crippen LogP contribution in [0.5, 0.6) is 0 Å². The van der Waals surface area contributed by atoms with E-state index in [1.165, 1.54) is 17.8 Å². The highest BCUT2D eigenvalue weighted by atomic mass is 19.1. The highest BCUT2D eigenvalue weighted by Crippen LogP contribution is 2.27. The number of nitrogens with zero attached hydrogens (tertiary/aromatic N) is 4. The summed E-state index contributed by atoms with van der Waals surface area (Å²) in [6.45, 7) is 3.09. The number of halogens is 1. The van der Waals surface area contributed by atoms with Crippen molar-refractivity contribution in [2.45, 2.75) is 25.3 Å². The van der Waals surface area contributed by atoms with Crippen LogP contribution in [0.25, 0.3) is 11.5 Å². The first-order valence-electron chi connectivity index (χ1n) is 8.58. The summed E-state index contributed by atoms with van der Waals surface area (Å²) in [6.07, 6.45) is 3.30. The van der Waals surface area contributed by atoms with Gasteiger partial charge in [0.05, 0.1) is 6.20 Å². The molecule has 0 atom stereocenters. The minimum atomic E-state index is -0.356. The van der Waals surface area contributed by atoms with E-state index in [4.69, 9.17) is 0 Å². The van der Waals surface area contributed by atoms with Gasteiger partial charge in [-0.2, -0.15) is 5.10 Å². The quantitative estimate of drug-likeness (QED) is 0.793. The molecule has 0 spiro atoms. The summed E-state index contributed by atoms with van der Waals surface area (Å²) in [7, 11) is 0. The molecule has 25 heavy (non-hydrogen) atoms. The van der Waals surface area contributed by atoms with Gasteiger partial charge < -0.3 is 0 Å². The number of pyridine rings is 1. The van der Waals surface area contributed by atoms with E-state index in [2.05, 4.69) is 49.3 Å². The molecule has 1 aromatic carbocycles. The van der Waals surface area contributed by atoms with Gasteiger partial charge in [0.25, 0.3) is 0 Å². The van der Waals surface area contributed by atoms with Crippen LogP contribution in [0.3, 0.4) is 0 Å². The maximum atomic E-state index is 13.0. The molecule has 1 aliphatic heterocycles. The first-order valence-corrected chi connectivity index (χ1v) is 8.58. The molecule has 5 nitrogen and oxygen atoms in total. The van der Waals surface area contributed by atoms with Crippen LogP contribution in [0, 0.1) is 5.82 Å². The Morgan fingerprint density at radius 2 is 1.88 bits per heavy atom. The number of rotatable bonds is 4. The molecule has 2 aromatic heterocycles. The second-order valence-electron chi connectivity index (χ2n) is 6.44. The lowest BCUT2D eigenvalue weighted by atomic mass is 9.96. The van der Waals surface area contributed by atoms with Crippen LogP contribution in [0.15, 0.2) is 48.7 Å². The largest absolute Gasteiger partial charge is 0.299 e. The smallest absolute Gasteiger partial charge is 0.199 e. The van der Waals surface area contributed by atoms with Crippen LogP contribution < -0.4 is 0 Å². The van der Waals surface area contributed by atoms with Gasteiger partial charge in [-0.3, -0.25) is 10.00 Å². The van der Waals surface area contributed by atoms with Crippen LogP contribution in [0.4, 0.5) is 4.39 Å². The maximum Gasteiger partial charge on any atom is 0.199 e. The fraction of sp³-hybridized carbons (Fsp3) is 0.316. The Hall–Kier alpha value is -2.60. The molecule has 3 heterocycles. The fourth-order valence-corrected chi connectivity index (χ4v) is 3.29. The Morgan fingerprint density at radius 1 is 1.08 bits per heavy atom. The van der Waals surface area contributed by atoms with Gasteiger partial charge in [0, 0.05) is 12.5 Å². The van der Waals surface area contributed by atoms with E-state index in [1.807, 2.05) is 6.07 Å². The standard InChI is InChI=1S/C19H20FN5/c20-16-6-7-17(21-12-16)19-22-18(23-24-19)15-8-10-25(11-9-15)13-14-4-2-1-3-5-14/h1-7,12,15H,8-11,13H2,(H,22,23,24). The summed E-state index contributed by atoms with van der Waals surface area (Å²) in [6, 6.07) is 13.5. The Labute approximate surface area is 145 Å². The summed E-state index contributed by atoms with van der Waals surface area (Å²) >= 11 is 0. The van der Waals surface area contributed by atoms with Crippen molar-refractivity contribution in [2.75, 3.05) is 13.1 Å². The number of hydrogen-bond donors (Lipinski definition) is 1. The molecule has 1 N–H and O–H groups in total. The molecule has 0 saturated carbocycles. The Morgan fingerprint density at radius 3 is 2.60 bits per heavy atom. The van der Waals surface area contributed by atoms with Gasteiger partial charge in [-0.1, -0.05) is 30.3 Å². The topological polar surface area (TPSA) is 57.7 Å². The molecular weight excluding hydrogens is 317 g/mol. The first kappa shape index (κ1) is 15.9. The van der Waals surface area contributed by atoms with Crippen molar-refractivity contribution >= 4 is 0 Å². The van der Waals surface area contributed by atoms with Gasteiger partial charge in [-0.15, -0.1) is 0 Å². The zero-order valence-electron chi connectivity index (χ0n) is 13.9. The number of nitrogens with one attached hydrogen (secondary N) is 1. The number of H-pyrrole nitrogens is 1. The third-order valence-electron chi connectivity index (χ3n) is 4.68. The number of likely N-dealkylation sites (tertiary alicyclic amines) is 1. The lowest BCUT2D eigenvalue weighted by molar-refractivity contribution is 0.202. The summed E-state index contributed by atoms with van der Waals surface area (Å²) in [5.41, 5.74) is 1.94. The first-order chi connectivity index (χ1) is 12.3. The monoisotopic (exact) mass is 337 g/mol. The molecule has 4 rings (SSSR count). The van der Waals surface area contributed by atoms with E-state index in [9.17, 15) is 4.39 Å². The van der Waals surface area contributed by atoms with Crippen molar-refractivity contribution in [3.05, 3.63) is 65.9 Å². The predicted molar refractivity (Wildman–Crippen MR) is 93.3 cm³/mol. The average Bonchev–Trinajstić information content (AvgIpc) is 3.14. The molecule has 128 valence electrons. The Balaban J connectivity index is 1.37. The highest BCUT2D eigenvalue weighted by Gasteiger charge is 2.23. The molecule has 0 bridgehead atoms. The molecular formula is C19H20FN5. The third kappa shape index (κ3) is 3.74. The Bertz CT molecular complexity index is 807. The van der Waals surface area contributed by atoms with Crippen molar-refractivity contribution in [3.63, 3.8) is 0 Å². The van der Waals surface area contributed by atoms with Crippen LogP contribution in [-0.4, -0.2) is 38.2 Å². The molecule has 6 heteroatoms. The van der Waals surface area contributed by atoms with Crippen molar-refractivity contribution in [2.24, 2.45) is 0 Å². The van der Waals surface area contributed by atoms with Gasteiger partial charge in [0.1, 0.15) is 17.3 Å². The number of aromatic amines is 1. The van der Waals surface area contributed by atoms with Gasteiger partial charge in [0.2, 0.25) is 0 Å². The molecule has 1 fully saturated rings. The summed E-state index contributed by atoms with van der Waals surface area (Å²) in [5.74, 6) is 1.46. The summed E-state index contributed by atoms with van der Waals surface area (Å²) < 4.78 is 13.0. The van der Waals surface area contributed by atoms with Crippen molar-refractivity contribution < 1.29 is 4.39 Å². The van der Waals surface area contributed by atoms with Crippen LogP contribution in [0.1, 0.15) is 30.1 Å². The lowest BCUT2D eigenvalue weighted by Gasteiger charge is -2.30. The van der Waals surface area contributed by atoms with Crippen molar-refractivity contribution in [1.82, 2.24) is 25.1 Å². The summed E-state index contributed by atoms with van der Waals surface area (Å²) in [5, 5.41) is 7.28. The van der Waals surface area contributed by atoms with Crippen LogP contribution >= 0.6 is 0 Å². The van der Waals surface area contributed by atoms with Gasteiger partial charge in [-0.25, -0.2) is 14.4 Å². The SMILES string of the molecule is Fc1ccc(-c2n[nH]c(C3CCN(Cc4ccccc4)CC3)n2)nc1.